The van der Waals surface area contributed by atoms with Gasteiger partial charge in [0, 0.05) is 49.4 Å². The van der Waals surface area contributed by atoms with Gasteiger partial charge in [-0.1, -0.05) is 11.3 Å². The SMILES string of the molecule is CC(Sc1ccc([N+](=O)[O-])cc1)C(=O)N1CCN(c2nc3cccnc3s2)CC1. The van der Waals surface area contributed by atoms with Crippen LogP contribution in [0, 0.1) is 10.1 Å². The first-order valence-electron chi connectivity index (χ1n) is 9.17. The average Bonchev–Trinajstić information content (AvgIpc) is 3.18. The van der Waals surface area contributed by atoms with Crippen LogP contribution >= 0.6 is 23.1 Å². The summed E-state index contributed by atoms with van der Waals surface area (Å²) in [6.07, 6.45) is 1.77. The molecule has 1 aliphatic rings. The number of amides is 1. The van der Waals surface area contributed by atoms with Gasteiger partial charge in [0.05, 0.1) is 10.2 Å². The molecule has 0 saturated carbocycles. The lowest BCUT2D eigenvalue weighted by atomic mass is 10.3. The molecule has 3 aromatic rings. The van der Waals surface area contributed by atoms with Crippen molar-refractivity contribution in [2.75, 3.05) is 31.1 Å². The smallest absolute Gasteiger partial charge is 0.269 e. The van der Waals surface area contributed by atoms with E-state index in [-0.39, 0.29) is 16.8 Å². The van der Waals surface area contributed by atoms with Gasteiger partial charge in [-0.25, -0.2) is 9.97 Å². The molecule has 1 saturated heterocycles. The number of anilines is 1. The second-order valence-electron chi connectivity index (χ2n) is 6.65. The summed E-state index contributed by atoms with van der Waals surface area (Å²) in [5.74, 6) is 0.0824. The van der Waals surface area contributed by atoms with E-state index >= 15 is 0 Å². The van der Waals surface area contributed by atoms with Crippen molar-refractivity contribution in [1.82, 2.24) is 14.9 Å². The number of pyridine rings is 1. The molecule has 0 spiro atoms. The van der Waals surface area contributed by atoms with Crippen molar-refractivity contribution >= 4 is 50.2 Å². The molecule has 150 valence electrons. The highest BCUT2D eigenvalue weighted by atomic mass is 32.2. The number of carbonyl (C=O) groups is 1. The van der Waals surface area contributed by atoms with Crippen LogP contribution in [-0.4, -0.2) is 57.1 Å². The highest BCUT2D eigenvalue weighted by Crippen LogP contribution is 2.29. The first kappa shape index (κ1) is 19.6. The van der Waals surface area contributed by atoms with Crippen LogP contribution in [0.4, 0.5) is 10.8 Å². The van der Waals surface area contributed by atoms with E-state index in [0.717, 1.165) is 33.5 Å². The molecule has 0 bridgehead atoms. The number of nitro groups is 1. The topological polar surface area (TPSA) is 92.5 Å². The normalized spacial score (nSPS) is 15.5. The van der Waals surface area contributed by atoms with E-state index < -0.39 is 4.92 Å². The molecule has 8 nitrogen and oxygen atoms in total. The second-order valence-corrected chi connectivity index (χ2v) is 9.02. The van der Waals surface area contributed by atoms with Gasteiger partial charge in [0.2, 0.25) is 5.91 Å². The first-order valence-corrected chi connectivity index (χ1v) is 10.9. The van der Waals surface area contributed by atoms with E-state index in [1.807, 2.05) is 24.0 Å². The Kier molecular flexibility index (Phi) is 5.63. The zero-order valence-corrected chi connectivity index (χ0v) is 17.4. The van der Waals surface area contributed by atoms with Crippen LogP contribution in [0.15, 0.2) is 47.5 Å². The number of hydrogen-bond acceptors (Lipinski definition) is 8. The lowest BCUT2D eigenvalue weighted by Crippen LogP contribution is -2.50. The molecule has 10 heteroatoms. The fourth-order valence-electron chi connectivity index (χ4n) is 3.17. The lowest BCUT2D eigenvalue weighted by Gasteiger charge is -2.35. The van der Waals surface area contributed by atoms with Crippen LogP contribution < -0.4 is 4.90 Å². The van der Waals surface area contributed by atoms with E-state index in [1.54, 1.807) is 29.7 Å². The van der Waals surface area contributed by atoms with E-state index in [1.165, 1.54) is 23.9 Å². The minimum absolute atomic E-state index is 0.0505. The lowest BCUT2D eigenvalue weighted by molar-refractivity contribution is -0.384. The zero-order valence-electron chi connectivity index (χ0n) is 15.7. The molecule has 1 fully saturated rings. The first-order chi connectivity index (χ1) is 14.0. The number of thiazole rings is 1. The quantitative estimate of drug-likeness (QED) is 0.348. The molecular formula is C19H19N5O3S2. The van der Waals surface area contributed by atoms with Crippen molar-refractivity contribution in [3.63, 3.8) is 0 Å². The van der Waals surface area contributed by atoms with E-state index in [0.29, 0.717) is 13.1 Å². The largest absolute Gasteiger partial charge is 0.344 e. The molecule has 0 aliphatic carbocycles. The fraction of sp³-hybridized carbons (Fsp3) is 0.316. The van der Waals surface area contributed by atoms with Crippen LogP contribution in [0.25, 0.3) is 10.3 Å². The summed E-state index contributed by atoms with van der Waals surface area (Å²) >= 11 is 2.99. The molecular weight excluding hydrogens is 410 g/mol. The molecule has 0 N–H and O–H groups in total. The molecule has 0 radical (unpaired) electrons. The Morgan fingerprint density at radius 2 is 1.93 bits per heavy atom. The fourth-order valence-corrected chi connectivity index (χ4v) is 5.08. The number of carbonyl (C=O) groups excluding carboxylic acids is 1. The molecule has 29 heavy (non-hydrogen) atoms. The number of aromatic nitrogens is 2. The third-order valence-electron chi connectivity index (χ3n) is 4.73. The van der Waals surface area contributed by atoms with Gasteiger partial charge < -0.3 is 9.80 Å². The summed E-state index contributed by atoms with van der Waals surface area (Å²) in [6.45, 7) is 4.64. The number of nitrogens with zero attached hydrogens (tertiary/aromatic N) is 5. The van der Waals surface area contributed by atoms with Gasteiger partial charge in [-0.15, -0.1) is 11.8 Å². The summed E-state index contributed by atoms with van der Waals surface area (Å²) < 4.78 is 0. The summed E-state index contributed by atoms with van der Waals surface area (Å²) in [7, 11) is 0. The third-order valence-corrected chi connectivity index (χ3v) is 6.86. The Hall–Kier alpha value is -2.72. The summed E-state index contributed by atoms with van der Waals surface area (Å²) in [5.41, 5.74) is 0.952. The number of nitro benzene ring substituents is 1. The number of rotatable bonds is 5. The number of benzene rings is 1. The summed E-state index contributed by atoms with van der Waals surface area (Å²) in [4.78, 5) is 38.0. The van der Waals surface area contributed by atoms with Crippen LogP contribution in [0.5, 0.6) is 0 Å². The summed E-state index contributed by atoms with van der Waals surface area (Å²) in [5, 5.41) is 11.4. The van der Waals surface area contributed by atoms with Gasteiger partial charge in [-0.2, -0.15) is 0 Å². The number of non-ortho nitro benzene ring substituents is 1. The Bertz CT molecular complexity index is 999. The molecule has 1 atom stereocenters. The number of fused-ring (bicyclic) bond motifs is 1. The van der Waals surface area contributed by atoms with Crippen LogP contribution in [0.3, 0.4) is 0 Å². The van der Waals surface area contributed by atoms with Crippen molar-refractivity contribution in [3.8, 4) is 0 Å². The Balaban J connectivity index is 1.33. The maximum absolute atomic E-state index is 12.8. The van der Waals surface area contributed by atoms with Gasteiger partial charge >= 0.3 is 0 Å². The van der Waals surface area contributed by atoms with Gasteiger partial charge in [0.15, 0.2) is 5.13 Å². The molecule has 3 heterocycles. The highest BCUT2D eigenvalue weighted by molar-refractivity contribution is 8.00. The number of hydrogen-bond donors (Lipinski definition) is 0. The molecule has 1 aromatic carbocycles. The molecule has 1 aliphatic heterocycles. The van der Waals surface area contributed by atoms with Crippen LogP contribution in [-0.2, 0) is 4.79 Å². The zero-order chi connectivity index (χ0) is 20.4. The monoisotopic (exact) mass is 429 g/mol. The summed E-state index contributed by atoms with van der Waals surface area (Å²) in [6, 6.07) is 10.1. The van der Waals surface area contributed by atoms with Crippen LogP contribution in [0.2, 0.25) is 0 Å². The van der Waals surface area contributed by atoms with Gasteiger partial charge in [0.25, 0.3) is 5.69 Å². The maximum atomic E-state index is 12.8. The second kappa shape index (κ2) is 8.34. The minimum Gasteiger partial charge on any atom is -0.344 e. The van der Waals surface area contributed by atoms with E-state index in [4.69, 9.17) is 0 Å². The van der Waals surface area contributed by atoms with Crippen molar-refractivity contribution in [2.24, 2.45) is 0 Å². The number of piperazine rings is 1. The maximum Gasteiger partial charge on any atom is 0.269 e. The Labute approximate surface area is 175 Å². The van der Waals surface area contributed by atoms with Crippen molar-refractivity contribution in [3.05, 3.63) is 52.7 Å². The average molecular weight is 430 g/mol. The van der Waals surface area contributed by atoms with E-state index in [9.17, 15) is 14.9 Å². The van der Waals surface area contributed by atoms with Gasteiger partial charge in [-0.05, 0) is 31.2 Å². The van der Waals surface area contributed by atoms with Crippen molar-refractivity contribution < 1.29 is 9.72 Å². The van der Waals surface area contributed by atoms with Crippen molar-refractivity contribution in [2.45, 2.75) is 17.1 Å². The molecule has 1 amide bonds. The Morgan fingerprint density at radius 1 is 1.21 bits per heavy atom. The third kappa shape index (κ3) is 4.33. The van der Waals surface area contributed by atoms with Crippen LogP contribution in [0.1, 0.15) is 6.92 Å². The van der Waals surface area contributed by atoms with Crippen molar-refractivity contribution in [1.29, 1.82) is 0 Å². The van der Waals surface area contributed by atoms with E-state index in [2.05, 4.69) is 14.9 Å². The predicted molar refractivity (Wildman–Crippen MR) is 115 cm³/mol. The number of thioether (sulfide) groups is 1. The highest BCUT2D eigenvalue weighted by Gasteiger charge is 2.27. The van der Waals surface area contributed by atoms with Gasteiger partial charge in [0.1, 0.15) is 10.3 Å². The minimum atomic E-state index is -0.427. The molecule has 4 rings (SSSR count). The standard InChI is InChI=1S/C19H19N5O3S2/c1-13(28-15-6-4-14(5-7-15)24(26)27)18(25)22-9-11-23(12-10-22)19-21-16-3-2-8-20-17(16)29-19/h2-8,13H,9-12H2,1H3. The molecule has 2 aromatic heterocycles. The Morgan fingerprint density at radius 3 is 2.59 bits per heavy atom. The van der Waals surface area contributed by atoms with Gasteiger partial charge in [-0.3, -0.25) is 14.9 Å². The predicted octanol–water partition coefficient (Wildman–Crippen LogP) is 3.43. The molecule has 1 unspecified atom stereocenters.